The van der Waals surface area contributed by atoms with Gasteiger partial charge < -0.3 is 10.2 Å². The van der Waals surface area contributed by atoms with Crippen molar-refractivity contribution in [3.05, 3.63) is 42.6 Å². The number of imide groups is 1. The van der Waals surface area contributed by atoms with Gasteiger partial charge in [0.05, 0.1) is 10.6 Å². The second-order valence-corrected chi connectivity index (χ2v) is 7.89. The molecule has 1 aliphatic rings. The predicted octanol–water partition coefficient (Wildman–Crippen LogP) is 3.10. The molecule has 0 atom stereocenters. The molecule has 0 unspecified atom stereocenters. The molecule has 0 aliphatic carbocycles. The number of rotatable bonds is 5. The average Bonchev–Trinajstić information content (AvgIpc) is 3.16. The molecule has 4 rings (SSSR count). The van der Waals surface area contributed by atoms with Gasteiger partial charge in [0.15, 0.2) is 0 Å². The van der Waals surface area contributed by atoms with E-state index in [0.29, 0.717) is 19.0 Å². The highest BCUT2D eigenvalue weighted by Crippen LogP contribution is 2.32. The van der Waals surface area contributed by atoms with Gasteiger partial charge in [0.25, 0.3) is 5.91 Å². The Morgan fingerprint density at radius 1 is 1.22 bits per heavy atom. The van der Waals surface area contributed by atoms with E-state index in [0.717, 1.165) is 10.6 Å². The molecule has 2 aromatic heterocycles. The molecule has 7 nitrogen and oxygen atoms in total. The van der Waals surface area contributed by atoms with E-state index >= 15 is 0 Å². The lowest BCUT2D eigenvalue weighted by Gasteiger charge is -2.27. The molecule has 8 heteroatoms. The maximum Gasteiger partial charge on any atom is 0.325 e. The van der Waals surface area contributed by atoms with Crippen LogP contribution in [0.2, 0.25) is 0 Å². The smallest absolute Gasteiger partial charge is 0.325 e. The highest BCUT2D eigenvalue weighted by Gasteiger charge is 2.44. The summed E-state index contributed by atoms with van der Waals surface area (Å²) < 4.78 is 1.22. The van der Waals surface area contributed by atoms with E-state index in [1.54, 1.807) is 31.4 Å². The number of amides is 3. The maximum atomic E-state index is 11.9. The van der Waals surface area contributed by atoms with Gasteiger partial charge in [-0.2, -0.15) is 0 Å². The summed E-state index contributed by atoms with van der Waals surface area (Å²) in [6.07, 6.45) is 1.71. The first-order valence-corrected chi connectivity index (χ1v) is 9.46. The third kappa shape index (κ3) is 3.23. The number of hydrogen-bond donors (Lipinski definition) is 2. The summed E-state index contributed by atoms with van der Waals surface area (Å²) >= 11 is 1.69. The highest BCUT2D eigenvalue weighted by atomic mass is 32.1. The van der Waals surface area contributed by atoms with E-state index in [9.17, 15) is 9.59 Å². The average molecular weight is 381 g/mol. The van der Waals surface area contributed by atoms with E-state index in [1.165, 1.54) is 15.0 Å². The third-order valence-corrected chi connectivity index (χ3v) is 5.79. The van der Waals surface area contributed by atoms with Crippen molar-refractivity contribution in [1.29, 1.82) is 0 Å². The topological polar surface area (TPSA) is 87.2 Å². The minimum Gasteiger partial charge on any atom is -0.352 e. The normalized spacial score (nSPS) is 16.0. The largest absolute Gasteiger partial charge is 0.352 e. The van der Waals surface area contributed by atoms with Crippen molar-refractivity contribution in [3.63, 3.8) is 0 Å². The van der Waals surface area contributed by atoms with Crippen molar-refractivity contribution in [1.82, 2.24) is 20.2 Å². The molecular formula is C19H19N5O2S. The van der Waals surface area contributed by atoms with Crippen LogP contribution < -0.4 is 10.6 Å². The van der Waals surface area contributed by atoms with Crippen LogP contribution in [-0.4, -0.2) is 45.4 Å². The monoisotopic (exact) mass is 381 g/mol. The summed E-state index contributed by atoms with van der Waals surface area (Å²) in [6.45, 7) is 4.28. The highest BCUT2D eigenvalue weighted by molar-refractivity contribution is 7.22. The van der Waals surface area contributed by atoms with Crippen LogP contribution in [0.4, 0.5) is 10.7 Å². The Hall–Kier alpha value is -3.00. The molecule has 1 saturated heterocycles. The molecule has 27 heavy (non-hydrogen) atoms. The SMILES string of the molecule is CC1(C)C(=O)NC(=O)N1CCNc1nccc(-c2cc3ccccc3s2)n1. The first kappa shape index (κ1) is 17.4. The van der Waals surface area contributed by atoms with Crippen LogP contribution in [0.1, 0.15) is 13.8 Å². The summed E-state index contributed by atoms with van der Waals surface area (Å²) in [5.74, 6) is 0.212. The van der Waals surface area contributed by atoms with Gasteiger partial charge in [-0.05, 0) is 37.4 Å². The molecular weight excluding hydrogens is 362 g/mol. The molecule has 1 fully saturated rings. The predicted molar refractivity (Wildman–Crippen MR) is 106 cm³/mol. The summed E-state index contributed by atoms with van der Waals surface area (Å²) in [4.78, 5) is 35.1. The Labute approximate surface area is 160 Å². The van der Waals surface area contributed by atoms with Crippen LogP contribution in [0, 0.1) is 0 Å². The number of thiophene rings is 1. The van der Waals surface area contributed by atoms with Crippen LogP contribution in [0.25, 0.3) is 20.7 Å². The quantitative estimate of drug-likeness (QED) is 0.663. The van der Waals surface area contributed by atoms with Crippen LogP contribution in [0.5, 0.6) is 0 Å². The fourth-order valence-corrected chi connectivity index (χ4v) is 4.08. The van der Waals surface area contributed by atoms with Gasteiger partial charge >= 0.3 is 6.03 Å². The number of benzene rings is 1. The van der Waals surface area contributed by atoms with Crippen molar-refractivity contribution in [2.75, 3.05) is 18.4 Å². The zero-order valence-corrected chi connectivity index (χ0v) is 15.8. The van der Waals surface area contributed by atoms with Crippen LogP contribution in [0.15, 0.2) is 42.6 Å². The third-order valence-electron chi connectivity index (χ3n) is 4.65. The standard InChI is InChI=1S/C19H19N5O2S/c1-19(2)16(25)23-18(26)24(19)10-9-21-17-20-8-7-13(22-17)15-11-12-5-3-4-6-14(12)27-15/h3-8,11H,9-10H2,1-2H3,(H,20,21,22)(H,23,25,26). The van der Waals surface area contributed by atoms with Crippen molar-refractivity contribution in [2.45, 2.75) is 19.4 Å². The Bertz CT molecular complexity index is 997. The van der Waals surface area contributed by atoms with Crippen LogP contribution >= 0.6 is 11.3 Å². The van der Waals surface area contributed by atoms with Crippen molar-refractivity contribution in [2.24, 2.45) is 0 Å². The minimum atomic E-state index is -0.849. The number of anilines is 1. The fraction of sp³-hybridized carbons (Fsp3) is 0.263. The summed E-state index contributed by atoms with van der Waals surface area (Å²) in [5, 5.41) is 6.67. The molecule has 138 valence electrons. The molecule has 1 aromatic carbocycles. The van der Waals surface area contributed by atoms with Crippen molar-refractivity contribution in [3.8, 4) is 10.6 Å². The number of urea groups is 1. The molecule has 0 radical (unpaired) electrons. The van der Waals surface area contributed by atoms with Crippen molar-refractivity contribution < 1.29 is 9.59 Å². The van der Waals surface area contributed by atoms with Gasteiger partial charge in [-0.1, -0.05) is 18.2 Å². The van der Waals surface area contributed by atoms with Gasteiger partial charge in [-0.3, -0.25) is 10.1 Å². The number of carbonyl (C=O) groups is 2. The van der Waals surface area contributed by atoms with E-state index in [4.69, 9.17) is 0 Å². The molecule has 0 bridgehead atoms. The zero-order chi connectivity index (χ0) is 19.0. The first-order chi connectivity index (χ1) is 12.9. The first-order valence-electron chi connectivity index (χ1n) is 8.64. The van der Waals surface area contributed by atoms with Crippen LogP contribution in [0.3, 0.4) is 0 Å². The second kappa shape index (κ2) is 6.62. The Balaban J connectivity index is 1.45. The lowest BCUT2D eigenvalue weighted by Crippen LogP contribution is -2.46. The van der Waals surface area contributed by atoms with Gasteiger partial charge in [0.1, 0.15) is 5.54 Å². The molecule has 3 heterocycles. The van der Waals surface area contributed by atoms with Gasteiger partial charge in [0, 0.05) is 24.0 Å². The minimum absolute atomic E-state index is 0.282. The fourth-order valence-electron chi connectivity index (χ4n) is 3.04. The van der Waals surface area contributed by atoms with E-state index in [-0.39, 0.29) is 11.9 Å². The number of nitrogens with one attached hydrogen (secondary N) is 2. The van der Waals surface area contributed by atoms with Crippen LogP contribution in [-0.2, 0) is 4.79 Å². The van der Waals surface area contributed by atoms with Crippen molar-refractivity contribution >= 4 is 39.3 Å². The molecule has 0 spiro atoms. The van der Waals surface area contributed by atoms with E-state index in [1.807, 2.05) is 18.2 Å². The number of carbonyl (C=O) groups excluding carboxylic acids is 2. The lowest BCUT2D eigenvalue weighted by atomic mass is 10.0. The Kier molecular flexibility index (Phi) is 4.27. The Morgan fingerprint density at radius 2 is 2.04 bits per heavy atom. The number of nitrogens with zero attached hydrogens (tertiary/aromatic N) is 3. The summed E-state index contributed by atoms with van der Waals surface area (Å²) in [6, 6.07) is 11.9. The van der Waals surface area contributed by atoms with Gasteiger partial charge in [-0.25, -0.2) is 14.8 Å². The summed E-state index contributed by atoms with van der Waals surface area (Å²) in [5.41, 5.74) is 0.00145. The number of aromatic nitrogens is 2. The zero-order valence-electron chi connectivity index (χ0n) is 15.0. The number of hydrogen-bond acceptors (Lipinski definition) is 6. The molecule has 2 N–H and O–H groups in total. The second-order valence-electron chi connectivity index (χ2n) is 6.81. The van der Waals surface area contributed by atoms with E-state index in [2.05, 4.69) is 38.8 Å². The van der Waals surface area contributed by atoms with Gasteiger partial charge in [0.2, 0.25) is 5.95 Å². The summed E-state index contributed by atoms with van der Waals surface area (Å²) in [7, 11) is 0. The molecule has 3 aromatic rings. The molecule has 3 amide bonds. The van der Waals surface area contributed by atoms with E-state index < -0.39 is 5.54 Å². The maximum absolute atomic E-state index is 11.9. The molecule has 0 saturated carbocycles. The number of fused-ring (bicyclic) bond motifs is 1. The molecule has 1 aliphatic heterocycles. The Morgan fingerprint density at radius 3 is 2.78 bits per heavy atom. The van der Waals surface area contributed by atoms with Gasteiger partial charge in [-0.15, -0.1) is 11.3 Å². The lowest BCUT2D eigenvalue weighted by molar-refractivity contribution is -0.125.